The number of carboxylic acid groups (broad SMARTS) is 1. The average Bonchev–Trinajstić information content (AvgIpc) is 2.44. The Balaban J connectivity index is 2.54. The summed E-state index contributed by atoms with van der Waals surface area (Å²) in [7, 11) is 1.49. The molecule has 1 amide bonds. The van der Waals surface area contributed by atoms with Gasteiger partial charge in [0, 0.05) is 0 Å². The van der Waals surface area contributed by atoms with Crippen molar-refractivity contribution in [3.63, 3.8) is 0 Å². The minimum absolute atomic E-state index is 0.149. The van der Waals surface area contributed by atoms with Gasteiger partial charge < -0.3 is 19.9 Å². The first-order valence-corrected chi connectivity index (χ1v) is 5.97. The molecule has 6 nitrogen and oxygen atoms in total. The van der Waals surface area contributed by atoms with E-state index in [0.29, 0.717) is 11.5 Å². The van der Waals surface area contributed by atoms with Crippen molar-refractivity contribution in [2.45, 2.75) is 12.5 Å². The highest BCUT2D eigenvalue weighted by molar-refractivity contribution is 5.84. The monoisotopic (exact) mass is 279 g/mol. The first-order valence-electron chi connectivity index (χ1n) is 5.97. The number of benzene rings is 1. The molecule has 6 heteroatoms. The van der Waals surface area contributed by atoms with Crippen LogP contribution in [-0.4, -0.2) is 36.7 Å². The van der Waals surface area contributed by atoms with Crippen LogP contribution in [0.15, 0.2) is 36.9 Å². The molecular weight excluding hydrogens is 262 g/mol. The van der Waals surface area contributed by atoms with Crippen LogP contribution < -0.4 is 14.8 Å². The first kappa shape index (κ1) is 15.6. The van der Waals surface area contributed by atoms with E-state index in [2.05, 4.69) is 11.9 Å². The lowest BCUT2D eigenvalue weighted by molar-refractivity contribution is -0.142. The van der Waals surface area contributed by atoms with Crippen LogP contribution in [0.5, 0.6) is 11.5 Å². The standard InChI is InChI=1S/C14H17NO5/c1-3-6-10(14(17)18)15-13(16)9-20-12-8-5-4-7-11(12)19-2/h3-5,7-8,10H,1,6,9H2,2H3,(H,15,16)(H,17,18). The topological polar surface area (TPSA) is 84.9 Å². The largest absolute Gasteiger partial charge is 0.493 e. The van der Waals surface area contributed by atoms with Crippen molar-refractivity contribution in [2.75, 3.05) is 13.7 Å². The smallest absolute Gasteiger partial charge is 0.326 e. The summed E-state index contributed by atoms with van der Waals surface area (Å²) < 4.78 is 10.4. The molecule has 108 valence electrons. The second kappa shape index (κ2) is 7.83. The maximum atomic E-state index is 11.6. The lowest BCUT2D eigenvalue weighted by atomic mass is 10.2. The van der Waals surface area contributed by atoms with Crippen LogP contribution in [-0.2, 0) is 9.59 Å². The summed E-state index contributed by atoms with van der Waals surface area (Å²) in [5.41, 5.74) is 0. The van der Waals surface area contributed by atoms with Gasteiger partial charge in [0.15, 0.2) is 18.1 Å². The molecule has 2 N–H and O–H groups in total. The van der Waals surface area contributed by atoms with Crippen molar-refractivity contribution < 1.29 is 24.2 Å². The highest BCUT2D eigenvalue weighted by Crippen LogP contribution is 2.25. The normalized spacial score (nSPS) is 11.2. The Kier molecular flexibility index (Phi) is 6.09. The summed E-state index contributed by atoms with van der Waals surface area (Å²) >= 11 is 0. The molecule has 0 spiro atoms. The summed E-state index contributed by atoms with van der Waals surface area (Å²) in [6.45, 7) is 3.15. The summed E-state index contributed by atoms with van der Waals surface area (Å²) in [4.78, 5) is 22.5. The Morgan fingerprint density at radius 3 is 2.60 bits per heavy atom. The van der Waals surface area contributed by atoms with Crippen molar-refractivity contribution in [1.29, 1.82) is 0 Å². The summed E-state index contributed by atoms with van der Waals surface area (Å²) in [6, 6.07) is 5.88. The van der Waals surface area contributed by atoms with E-state index in [1.165, 1.54) is 13.2 Å². The van der Waals surface area contributed by atoms with E-state index in [1.807, 2.05) is 0 Å². The third kappa shape index (κ3) is 4.64. The Morgan fingerprint density at radius 2 is 2.05 bits per heavy atom. The van der Waals surface area contributed by atoms with E-state index in [4.69, 9.17) is 14.6 Å². The van der Waals surface area contributed by atoms with Crippen molar-refractivity contribution in [3.05, 3.63) is 36.9 Å². The molecule has 0 heterocycles. The molecule has 0 fully saturated rings. The van der Waals surface area contributed by atoms with Gasteiger partial charge in [-0.1, -0.05) is 18.2 Å². The Morgan fingerprint density at radius 1 is 1.40 bits per heavy atom. The second-order valence-corrected chi connectivity index (χ2v) is 3.92. The zero-order valence-corrected chi connectivity index (χ0v) is 11.2. The van der Waals surface area contributed by atoms with Crippen molar-refractivity contribution in [3.8, 4) is 11.5 Å². The van der Waals surface area contributed by atoms with E-state index >= 15 is 0 Å². The molecule has 1 unspecified atom stereocenters. The van der Waals surface area contributed by atoms with Gasteiger partial charge in [-0.25, -0.2) is 4.79 Å². The van der Waals surface area contributed by atoms with Gasteiger partial charge in [-0.2, -0.15) is 0 Å². The second-order valence-electron chi connectivity index (χ2n) is 3.92. The fourth-order valence-electron chi connectivity index (χ4n) is 1.51. The summed E-state index contributed by atoms with van der Waals surface area (Å²) in [6.07, 6.45) is 1.58. The highest BCUT2D eigenvalue weighted by atomic mass is 16.5. The molecule has 1 atom stereocenters. The first-order chi connectivity index (χ1) is 9.58. The fraction of sp³-hybridized carbons (Fsp3) is 0.286. The quantitative estimate of drug-likeness (QED) is 0.699. The van der Waals surface area contributed by atoms with Crippen LogP contribution in [0.25, 0.3) is 0 Å². The maximum absolute atomic E-state index is 11.6. The molecule has 0 aliphatic carbocycles. The van der Waals surface area contributed by atoms with E-state index < -0.39 is 17.9 Å². The zero-order chi connectivity index (χ0) is 15.0. The van der Waals surface area contributed by atoms with Crippen LogP contribution in [0.2, 0.25) is 0 Å². The summed E-state index contributed by atoms with van der Waals surface area (Å²) in [5, 5.41) is 11.2. The van der Waals surface area contributed by atoms with Crippen LogP contribution in [0.1, 0.15) is 6.42 Å². The van der Waals surface area contributed by atoms with Crippen LogP contribution >= 0.6 is 0 Å². The van der Waals surface area contributed by atoms with Gasteiger partial charge in [-0.05, 0) is 18.6 Å². The molecular formula is C14H17NO5. The molecule has 0 saturated heterocycles. The van der Waals surface area contributed by atoms with Crippen LogP contribution in [0, 0.1) is 0 Å². The number of hydrogen-bond acceptors (Lipinski definition) is 4. The van der Waals surface area contributed by atoms with Gasteiger partial charge in [0.2, 0.25) is 0 Å². The minimum Gasteiger partial charge on any atom is -0.493 e. The molecule has 0 aliphatic heterocycles. The number of nitrogens with one attached hydrogen (secondary N) is 1. The molecule has 1 rings (SSSR count). The number of para-hydroxylation sites is 2. The number of carbonyl (C=O) groups excluding carboxylic acids is 1. The van der Waals surface area contributed by atoms with E-state index in [0.717, 1.165) is 0 Å². The van der Waals surface area contributed by atoms with Gasteiger partial charge in [0.1, 0.15) is 6.04 Å². The SMILES string of the molecule is C=CCC(NC(=O)COc1ccccc1OC)C(=O)O. The van der Waals surface area contributed by atoms with Gasteiger partial charge >= 0.3 is 5.97 Å². The molecule has 1 aromatic rings. The van der Waals surface area contributed by atoms with Crippen LogP contribution in [0.3, 0.4) is 0 Å². The number of amides is 1. The molecule has 20 heavy (non-hydrogen) atoms. The lowest BCUT2D eigenvalue weighted by Gasteiger charge is -2.14. The highest BCUT2D eigenvalue weighted by Gasteiger charge is 2.18. The van der Waals surface area contributed by atoms with E-state index in [1.54, 1.807) is 24.3 Å². The van der Waals surface area contributed by atoms with Gasteiger partial charge in [-0.3, -0.25) is 4.79 Å². The Hall–Kier alpha value is -2.50. The van der Waals surface area contributed by atoms with E-state index in [9.17, 15) is 9.59 Å². The van der Waals surface area contributed by atoms with E-state index in [-0.39, 0.29) is 13.0 Å². The van der Waals surface area contributed by atoms with Gasteiger partial charge in [-0.15, -0.1) is 6.58 Å². The minimum atomic E-state index is -1.12. The maximum Gasteiger partial charge on any atom is 0.326 e. The number of aliphatic carboxylic acids is 1. The van der Waals surface area contributed by atoms with Crippen molar-refractivity contribution >= 4 is 11.9 Å². The third-order valence-electron chi connectivity index (χ3n) is 2.46. The number of methoxy groups -OCH3 is 1. The predicted molar refractivity (Wildman–Crippen MR) is 72.9 cm³/mol. The Labute approximate surface area is 117 Å². The number of rotatable bonds is 8. The molecule has 0 aliphatic rings. The Bertz CT molecular complexity index is 486. The predicted octanol–water partition coefficient (Wildman–Crippen LogP) is 1.22. The molecule has 0 bridgehead atoms. The van der Waals surface area contributed by atoms with Crippen molar-refractivity contribution in [2.24, 2.45) is 0 Å². The molecule has 0 saturated carbocycles. The number of hydrogen-bond donors (Lipinski definition) is 2. The number of ether oxygens (including phenoxy) is 2. The fourth-order valence-corrected chi connectivity index (χ4v) is 1.51. The molecule has 0 radical (unpaired) electrons. The zero-order valence-electron chi connectivity index (χ0n) is 11.2. The van der Waals surface area contributed by atoms with Gasteiger partial charge in [0.25, 0.3) is 5.91 Å². The van der Waals surface area contributed by atoms with Gasteiger partial charge in [0.05, 0.1) is 7.11 Å². The number of carboxylic acids is 1. The third-order valence-corrected chi connectivity index (χ3v) is 2.46. The van der Waals surface area contributed by atoms with Crippen LogP contribution in [0.4, 0.5) is 0 Å². The van der Waals surface area contributed by atoms with Crippen molar-refractivity contribution in [1.82, 2.24) is 5.32 Å². The summed E-state index contributed by atoms with van der Waals surface area (Å²) in [5.74, 6) is -0.720. The molecule has 1 aromatic carbocycles. The average molecular weight is 279 g/mol. The lowest BCUT2D eigenvalue weighted by Crippen LogP contribution is -2.42. The number of carbonyl (C=O) groups is 2. The molecule has 0 aromatic heterocycles.